The fourth-order valence-corrected chi connectivity index (χ4v) is 2.31. The van der Waals surface area contributed by atoms with E-state index in [-0.39, 0.29) is 5.69 Å². The van der Waals surface area contributed by atoms with Gasteiger partial charge >= 0.3 is 0 Å². The molecule has 3 rings (SSSR count). The molecule has 1 heterocycles. The summed E-state index contributed by atoms with van der Waals surface area (Å²) in [7, 11) is 1.60. The third-order valence-corrected chi connectivity index (χ3v) is 3.63. The number of nitrogens with zero attached hydrogens (tertiary/aromatic N) is 1. The van der Waals surface area contributed by atoms with Crippen LogP contribution in [0.4, 0.5) is 15.8 Å². The Hall–Kier alpha value is -3.12. The van der Waals surface area contributed by atoms with Crippen molar-refractivity contribution in [1.29, 1.82) is 0 Å². The normalized spacial score (nSPS) is 9.78. The largest absolute Gasteiger partial charge is 0.497 e. The number of hydrogen-bond acceptors (Lipinski definition) is 4. The number of anilines is 2. The first kappa shape index (κ1) is 20.2. The molecule has 0 amide bonds. The quantitative estimate of drug-likeness (QED) is 0.627. The summed E-state index contributed by atoms with van der Waals surface area (Å²) in [5.41, 5.74) is 2.07. The summed E-state index contributed by atoms with van der Waals surface area (Å²) in [5.74, 6) is -0.502. The van der Waals surface area contributed by atoms with E-state index in [9.17, 15) is 4.39 Å². The molecule has 2 N–H and O–H groups in total. The second-order valence-corrected chi connectivity index (χ2v) is 5.84. The van der Waals surface area contributed by atoms with Gasteiger partial charge in [0.2, 0.25) is 0 Å². The van der Waals surface area contributed by atoms with E-state index >= 15 is 0 Å². The molecule has 3 aromatic rings. The first-order chi connectivity index (χ1) is 12.9. The Balaban J connectivity index is 0.000000596. The number of ether oxygens (including phenoxy) is 1. The van der Waals surface area contributed by atoms with E-state index in [1.165, 1.54) is 0 Å². The van der Waals surface area contributed by atoms with E-state index in [4.69, 9.17) is 26.2 Å². The average molecular weight is 389 g/mol. The number of benzene rings is 2. The third-order valence-electron chi connectivity index (χ3n) is 3.38. The molecule has 5 nitrogen and oxygen atoms in total. The summed E-state index contributed by atoms with van der Waals surface area (Å²) < 4.78 is 19.8. The van der Waals surface area contributed by atoms with Gasteiger partial charge in [-0.25, -0.2) is 4.39 Å². The minimum Gasteiger partial charge on any atom is -0.497 e. The van der Waals surface area contributed by atoms with Gasteiger partial charge in [0.1, 0.15) is 11.4 Å². The molecule has 0 atom stereocenters. The number of carboxylic acids is 1. The zero-order chi connectivity index (χ0) is 19.8. The standard InChI is InChI=1S/C18H14ClFN2O.C2H4O2/c1-23-15-8-6-14(7-9-15)22-16-10-11-21-18(17(16)20)12-2-4-13(19)5-3-12;1-2(3)4/h2-11H,1H3,(H,21,22);1H3,(H,3,4). The minimum absolute atomic E-state index is 0.278. The Kier molecular flexibility index (Phi) is 7.14. The highest BCUT2D eigenvalue weighted by Gasteiger charge is 2.11. The maximum atomic E-state index is 14.7. The zero-order valence-corrected chi connectivity index (χ0v) is 15.5. The van der Waals surface area contributed by atoms with Crippen molar-refractivity contribution >= 4 is 28.9 Å². The van der Waals surface area contributed by atoms with E-state index in [0.717, 1.165) is 18.4 Å². The molecule has 0 saturated carbocycles. The molecule has 27 heavy (non-hydrogen) atoms. The lowest BCUT2D eigenvalue weighted by atomic mass is 10.1. The molecule has 0 aliphatic rings. The van der Waals surface area contributed by atoms with E-state index in [1.807, 2.05) is 24.3 Å². The van der Waals surface area contributed by atoms with Gasteiger partial charge in [-0.1, -0.05) is 23.7 Å². The lowest BCUT2D eigenvalue weighted by molar-refractivity contribution is -0.134. The highest BCUT2D eigenvalue weighted by Crippen LogP contribution is 2.28. The number of aliphatic carboxylic acids is 1. The minimum atomic E-state index is -0.833. The maximum absolute atomic E-state index is 14.7. The average Bonchev–Trinajstić information content (AvgIpc) is 2.64. The fraction of sp³-hybridized carbons (Fsp3) is 0.100. The van der Waals surface area contributed by atoms with Crippen LogP contribution in [0.25, 0.3) is 11.3 Å². The summed E-state index contributed by atoms with van der Waals surface area (Å²) in [5, 5.41) is 11.1. The molecule has 140 valence electrons. The Morgan fingerprint density at radius 3 is 2.26 bits per heavy atom. The van der Waals surface area contributed by atoms with Crippen molar-refractivity contribution in [3.63, 3.8) is 0 Å². The summed E-state index contributed by atoms with van der Waals surface area (Å²) in [6, 6.07) is 15.8. The number of rotatable bonds is 4. The first-order valence-corrected chi connectivity index (χ1v) is 8.29. The highest BCUT2D eigenvalue weighted by molar-refractivity contribution is 6.30. The molecule has 2 aromatic carbocycles. The van der Waals surface area contributed by atoms with E-state index in [1.54, 1.807) is 43.6 Å². The van der Waals surface area contributed by atoms with Crippen molar-refractivity contribution in [3.8, 4) is 17.0 Å². The number of carbonyl (C=O) groups is 1. The Labute approximate surface area is 161 Å². The van der Waals surface area contributed by atoms with Crippen molar-refractivity contribution in [2.24, 2.45) is 0 Å². The highest BCUT2D eigenvalue weighted by atomic mass is 35.5. The predicted molar refractivity (Wildman–Crippen MR) is 104 cm³/mol. The van der Waals surface area contributed by atoms with Gasteiger partial charge in [0, 0.05) is 29.4 Å². The van der Waals surface area contributed by atoms with Crippen LogP contribution in [0, 0.1) is 5.82 Å². The van der Waals surface area contributed by atoms with Gasteiger partial charge in [-0.3, -0.25) is 9.78 Å². The van der Waals surface area contributed by atoms with Crippen LogP contribution in [0.15, 0.2) is 60.8 Å². The van der Waals surface area contributed by atoms with Crippen LogP contribution >= 0.6 is 11.6 Å². The van der Waals surface area contributed by atoms with Gasteiger partial charge in [-0.05, 0) is 42.5 Å². The molecule has 0 bridgehead atoms. The molecule has 0 fully saturated rings. The molecule has 1 aromatic heterocycles. The van der Waals surface area contributed by atoms with E-state index in [0.29, 0.717) is 16.3 Å². The number of carboxylic acid groups (broad SMARTS) is 1. The van der Waals surface area contributed by atoms with Crippen LogP contribution in [0.1, 0.15) is 6.92 Å². The van der Waals surface area contributed by atoms with Crippen LogP contribution in [-0.4, -0.2) is 23.2 Å². The smallest absolute Gasteiger partial charge is 0.300 e. The third kappa shape index (κ3) is 5.97. The second-order valence-electron chi connectivity index (χ2n) is 5.40. The van der Waals surface area contributed by atoms with E-state index in [2.05, 4.69) is 10.3 Å². The van der Waals surface area contributed by atoms with Crippen molar-refractivity contribution in [1.82, 2.24) is 4.98 Å². The summed E-state index contributed by atoms with van der Waals surface area (Å²) in [6.45, 7) is 1.08. The molecule has 0 radical (unpaired) electrons. The molecular formula is C20H18ClFN2O3. The first-order valence-electron chi connectivity index (χ1n) is 7.91. The van der Waals surface area contributed by atoms with Crippen LogP contribution in [0.5, 0.6) is 5.75 Å². The number of methoxy groups -OCH3 is 1. The second kappa shape index (κ2) is 9.54. The lowest BCUT2D eigenvalue weighted by Crippen LogP contribution is -1.98. The topological polar surface area (TPSA) is 71.5 Å². The van der Waals surface area contributed by atoms with Gasteiger partial charge in [-0.15, -0.1) is 0 Å². The predicted octanol–water partition coefficient (Wildman–Crippen LogP) is 5.38. The monoisotopic (exact) mass is 388 g/mol. The summed E-state index contributed by atoms with van der Waals surface area (Å²) in [4.78, 5) is 13.1. The van der Waals surface area contributed by atoms with Crippen LogP contribution < -0.4 is 10.1 Å². The number of hydrogen-bond donors (Lipinski definition) is 2. The number of halogens is 2. The molecule has 0 saturated heterocycles. The SMILES string of the molecule is CC(=O)O.COc1ccc(Nc2ccnc(-c3ccc(Cl)cc3)c2F)cc1. The van der Waals surface area contributed by atoms with Gasteiger partial charge < -0.3 is 15.2 Å². The summed E-state index contributed by atoms with van der Waals surface area (Å²) in [6.07, 6.45) is 1.57. The van der Waals surface area contributed by atoms with Crippen LogP contribution in [0.3, 0.4) is 0 Å². The van der Waals surface area contributed by atoms with Gasteiger partial charge in [0.15, 0.2) is 5.82 Å². The van der Waals surface area contributed by atoms with Crippen molar-refractivity contribution in [2.75, 3.05) is 12.4 Å². The fourth-order valence-electron chi connectivity index (χ4n) is 2.18. The summed E-state index contributed by atoms with van der Waals surface area (Å²) >= 11 is 5.87. The van der Waals surface area contributed by atoms with Crippen molar-refractivity contribution in [2.45, 2.75) is 6.92 Å². The molecule has 0 aliphatic heterocycles. The maximum Gasteiger partial charge on any atom is 0.300 e. The molecule has 7 heteroatoms. The zero-order valence-electron chi connectivity index (χ0n) is 14.7. The number of aromatic nitrogens is 1. The van der Waals surface area contributed by atoms with Gasteiger partial charge in [0.25, 0.3) is 5.97 Å². The van der Waals surface area contributed by atoms with Crippen LogP contribution in [0.2, 0.25) is 5.02 Å². The Bertz CT molecular complexity index is 896. The molecule has 0 spiro atoms. The van der Waals surface area contributed by atoms with Crippen molar-refractivity contribution < 1.29 is 19.0 Å². The van der Waals surface area contributed by atoms with Gasteiger partial charge in [0.05, 0.1) is 12.8 Å². The molecular weight excluding hydrogens is 371 g/mol. The van der Waals surface area contributed by atoms with Crippen LogP contribution in [-0.2, 0) is 4.79 Å². The Morgan fingerprint density at radius 2 is 1.70 bits per heavy atom. The number of pyridine rings is 1. The molecule has 0 unspecified atom stereocenters. The van der Waals surface area contributed by atoms with Crippen molar-refractivity contribution in [3.05, 3.63) is 71.6 Å². The van der Waals surface area contributed by atoms with Gasteiger partial charge in [-0.2, -0.15) is 0 Å². The molecule has 0 aliphatic carbocycles. The Morgan fingerprint density at radius 1 is 1.11 bits per heavy atom. The van der Waals surface area contributed by atoms with E-state index < -0.39 is 11.8 Å². The number of nitrogens with one attached hydrogen (secondary N) is 1. The lowest BCUT2D eigenvalue weighted by Gasteiger charge is -2.11.